The van der Waals surface area contributed by atoms with E-state index in [9.17, 15) is 9.59 Å². The maximum Gasteiger partial charge on any atom is 0.336 e. The number of urea groups is 2. The molecule has 4 amide bonds. The number of aromatic nitrogens is 3. The molecule has 0 saturated heterocycles. The van der Waals surface area contributed by atoms with Crippen molar-refractivity contribution in [1.29, 1.82) is 0 Å². The molecule has 2 rings (SSSR count). The third-order valence-corrected chi connectivity index (χ3v) is 3.20. The number of hydrazine groups is 2. The van der Waals surface area contributed by atoms with Crippen LogP contribution in [0.2, 0.25) is 0 Å². The van der Waals surface area contributed by atoms with E-state index < -0.39 is 12.1 Å². The molecule has 13 nitrogen and oxygen atoms in total. The van der Waals surface area contributed by atoms with Crippen LogP contribution in [0.3, 0.4) is 0 Å². The summed E-state index contributed by atoms with van der Waals surface area (Å²) in [6.45, 7) is 0. The molecule has 0 fully saturated rings. The molecule has 1 aromatic carbocycles. The van der Waals surface area contributed by atoms with Gasteiger partial charge in [0.25, 0.3) is 5.95 Å². The van der Waals surface area contributed by atoms with Crippen LogP contribution in [0.25, 0.3) is 11.3 Å². The van der Waals surface area contributed by atoms with E-state index in [2.05, 4.69) is 15.2 Å². The maximum atomic E-state index is 11.5. The predicted molar refractivity (Wildman–Crippen MR) is 90.9 cm³/mol. The van der Waals surface area contributed by atoms with Crippen LogP contribution in [0, 0.1) is 0 Å². The molecule has 0 spiro atoms. The Morgan fingerprint density at radius 3 is 1.92 bits per heavy atom. The Kier molecular flexibility index (Phi) is 5.34. The van der Waals surface area contributed by atoms with Gasteiger partial charge >= 0.3 is 12.1 Å². The number of benzene rings is 1. The molecule has 0 saturated carbocycles. The third-order valence-electron chi connectivity index (χ3n) is 3.20. The van der Waals surface area contributed by atoms with Crippen molar-refractivity contribution in [3.8, 4) is 22.8 Å². The van der Waals surface area contributed by atoms with Gasteiger partial charge in [0.15, 0.2) is 5.82 Å². The second kappa shape index (κ2) is 7.45. The number of carbonyl (C=O) groups is 2. The molecule has 1 aromatic heterocycles. The van der Waals surface area contributed by atoms with Gasteiger partial charge in [0.1, 0.15) is 17.2 Å². The first kappa shape index (κ1) is 18.6. The standard InChI is InChI=1S/C13H17N9O4/c1-25-7-3-6(4-8(5-7)26-2)9-10(21(16)11(14)23)18-13(20-19-9)22(17)12(15)24/h3-5H,16-17H2,1-2H3,(H2,14,23)(H2,15,24). The molecule has 8 N–H and O–H groups in total. The van der Waals surface area contributed by atoms with Crippen LogP contribution in [0.15, 0.2) is 18.2 Å². The van der Waals surface area contributed by atoms with E-state index >= 15 is 0 Å². The first-order chi connectivity index (χ1) is 12.3. The van der Waals surface area contributed by atoms with Crippen LogP contribution in [-0.4, -0.2) is 41.5 Å². The summed E-state index contributed by atoms with van der Waals surface area (Å²) < 4.78 is 10.4. The highest BCUT2D eigenvalue weighted by Crippen LogP contribution is 2.32. The molecule has 13 heteroatoms. The molecule has 2 aromatic rings. The van der Waals surface area contributed by atoms with E-state index in [1.54, 1.807) is 18.2 Å². The van der Waals surface area contributed by atoms with Gasteiger partial charge in [-0.05, 0) is 12.1 Å². The van der Waals surface area contributed by atoms with Crippen LogP contribution < -0.4 is 42.6 Å². The maximum absolute atomic E-state index is 11.5. The fourth-order valence-corrected chi connectivity index (χ4v) is 1.91. The summed E-state index contributed by atoms with van der Waals surface area (Å²) >= 11 is 0. The highest BCUT2D eigenvalue weighted by atomic mass is 16.5. The SMILES string of the molecule is COc1cc(OC)cc(-c2nnc(N(N)C(N)=O)nc2N(N)C(N)=O)c1. The topological polar surface area (TPSA) is 202 Å². The summed E-state index contributed by atoms with van der Waals surface area (Å²) in [7, 11) is 2.93. The molecule has 0 radical (unpaired) electrons. The lowest BCUT2D eigenvalue weighted by Gasteiger charge is -2.18. The number of methoxy groups -OCH3 is 2. The predicted octanol–water partition coefficient (Wildman–Crippen LogP) is -0.927. The highest BCUT2D eigenvalue weighted by molar-refractivity contribution is 5.93. The number of carbonyl (C=O) groups excluding carboxylic acids is 2. The number of hydrogen-bond acceptors (Lipinski definition) is 9. The third kappa shape index (κ3) is 3.68. The Labute approximate surface area is 147 Å². The van der Waals surface area contributed by atoms with Crippen LogP contribution in [0.4, 0.5) is 21.4 Å². The van der Waals surface area contributed by atoms with Gasteiger partial charge < -0.3 is 20.9 Å². The summed E-state index contributed by atoms with van der Waals surface area (Å²) in [6, 6.07) is 2.72. The Balaban J connectivity index is 2.68. The van der Waals surface area contributed by atoms with Crippen molar-refractivity contribution in [3.05, 3.63) is 18.2 Å². The quantitative estimate of drug-likeness (QED) is 0.294. The lowest BCUT2D eigenvalue weighted by Crippen LogP contribution is -2.45. The van der Waals surface area contributed by atoms with E-state index in [1.165, 1.54) is 14.2 Å². The van der Waals surface area contributed by atoms with E-state index in [0.29, 0.717) is 27.1 Å². The van der Waals surface area contributed by atoms with Crippen molar-refractivity contribution in [1.82, 2.24) is 15.2 Å². The average Bonchev–Trinajstić information content (AvgIpc) is 2.65. The fourth-order valence-electron chi connectivity index (χ4n) is 1.91. The number of anilines is 2. The van der Waals surface area contributed by atoms with Gasteiger partial charge in [-0.1, -0.05) is 0 Å². The molecule has 1 heterocycles. The van der Waals surface area contributed by atoms with Crippen molar-refractivity contribution >= 4 is 23.8 Å². The molecule has 0 aliphatic rings. The number of amides is 4. The molecule has 138 valence electrons. The van der Waals surface area contributed by atoms with Gasteiger partial charge in [0, 0.05) is 11.6 Å². The van der Waals surface area contributed by atoms with Crippen molar-refractivity contribution in [2.45, 2.75) is 0 Å². The Hall–Kier alpha value is -3.71. The van der Waals surface area contributed by atoms with Crippen molar-refractivity contribution in [2.24, 2.45) is 23.2 Å². The lowest BCUT2D eigenvalue weighted by molar-refractivity contribution is 0.253. The molecular weight excluding hydrogens is 346 g/mol. The number of rotatable bonds is 5. The second-order valence-electron chi connectivity index (χ2n) is 4.80. The zero-order valence-corrected chi connectivity index (χ0v) is 13.9. The minimum absolute atomic E-state index is 0.0603. The van der Waals surface area contributed by atoms with Gasteiger partial charge in [0.2, 0.25) is 0 Å². The van der Waals surface area contributed by atoms with Crippen LogP contribution in [0.1, 0.15) is 0 Å². The molecular formula is C13H17N9O4. The molecule has 0 aliphatic heterocycles. The Bertz CT molecular complexity index is 822. The van der Waals surface area contributed by atoms with Crippen LogP contribution in [-0.2, 0) is 0 Å². The Morgan fingerprint density at radius 1 is 0.923 bits per heavy atom. The monoisotopic (exact) mass is 363 g/mol. The van der Waals surface area contributed by atoms with Crippen molar-refractivity contribution in [2.75, 3.05) is 24.2 Å². The smallest absolute Gasteiger partial charge is 0.336 e. The zero-order chi connectivity index (χ0) is 19.4. The number of nitrogens with zero attached hydrogens (tertiary/aromatic N) is 5. The largest absolute Gasteiger partial charge is 0.497 e. The summed E-state index contributed by atoms with van der Waals surface area (Å²) in [5.74, 6) is 11.4. The van der Waals surface area contributed by atoms with Gasteiger partial charge in [-0.3, -0.25) is 0 Å². The van der Waals surface area contributed by atoms with E-state index in [-0.39, 0.29) is 17.5 Å². The minimum atomic E-state index is -1.05. The van der Waals surface area contributed by atoms with Gasteiger partial charge in [0.05, 0.1) is 14.2 Å². The summed E-state index contributed by atoms with van der Waals surface area (Å²) in [6.07, 6.45) is 0. The number of primary amides is 2. The number of hydrogen-bond donors (Lipinski definition) is 4. The van der Waals surface area contributed by atoms with Gasteiger partial charge in [-0.15, -0.1) is 10.2 Å². The Morgan fingerprint density at radius 2 is 1.46 bits per heavy atom. The normalized spacial score (nSPS) is 10.2. The first-order valence-electron chi connectivity index (χ1n) is 6.95. The van der Waals surface area contributed by atoms with Crippen molar-refractivity contribution < 1.29 is 19.1 Å². The zero-order valence-electron chi connectivity index (χ0n) is 13.9. The summed E-state index contributed by atoms with van der Waals surface area (Å²) in [5, 5.41) is 8.59. The lowest BCUT2D eigenvalue weighted by atomic mass is 10.1. The highest BCUT2D eigenvalue weighted by Gasteiger charge is 2.23. The molecule has 0 aliphatic carbocycles. The molecule has 26 heavy (non-hydrogen) atoms. The number of ether oxygens (including phenoxy) is 2. The van der Waals surface area contributed by atoms with E-state index in [4.69, 9.17) is 32.6 Å². The minimum Gasteiger partial charge on any atom is -0.497 e. The second-order valence-corrected chi connectivity index (χ2v) is 4.80. The number of nitrogens with two attached hydrogens (primary N) is 4. The van der Waals surface area contributed by atoms with Crippen LogP contribution >= 0.6 is 0 Å². The van der Waals surface area contributed by atoms with E-state index in [1.807, 2.05) is 0 Å². The molecule has 0 unspecified atom stereocenters. The molecule has 0 bridgehead atoms. The van der Waals surface area contributed by atoms with Crippen LogP contribution in [0.5, 0.6) is 11.5 Å². The summed E-state index contributed by atoms with van der Waals surface area (Å²) in [5.41, 5.74) is 10.7. The van der Waals surface area contributed by atoms with Gasteiger partial charge in [-0.25, -0.2) is 26.3 Å². The average molecular weight is 363 g/mol. The van der Waals surface area contributed by atoms with Crippen molar-refractivity contribution in [3.63, 3.8) is 0 Å². The molecule has 0 atom stereocenters. The fraction of sp³-hybridized carbons (Fsp3) is 0.154. The first-order valence-corrected chi connectivity index (χ1v) is 6.95. The van der Waals surface area contributed by atoms with Gasteiger partial charge in [-0.2, -0.15) is 9.99 Å². The summed E-state index contributed by atoms with van der Waals surface area (Å²) in [4.78, 5) is 26.6. The van der Waals surface area contributed by atoms with E-state index in [0.717, 1.165) is 0 Å².